The molecular weight excluding hydrogens is 315 g/mol. The zero-order valence-electron chi connectivity index (χ0n) is 10.7. The maximum atomic E-state index is 6.02. The molecule has 2 aromatic carbocycles. The normalized spacial score (nSPS) is 12.4. The summed E-state index contributed by atoms with van der Waals surface area (Å²) in [6.07, 6.45) is 1.55. The summed E-state index contributed by atoms with van der Waals surface area (Å²) in [6, 6.07) is 13.5. The van der Waals surface area contributed by atoms with E-state index < -0.39 is 0 Å². The Balaban J connectivity index is 2.07. The second-order valence-corrected chi connectivity index (χ2v) is 5.90. The fraction of sp³-hybridized carbons (Fsp3) is 0.200. The van der Waals surface area contributed by atoms with Gasteiger partial charge in [0.1, 0.15) is 0 Å². The molecule has 2 nitrogen and oxygen atoms in total. The van der Waals surface area contributed by atoms with E-state index in [9.17, 15) is 0 Å². The Morgan fingerprint density at radius 2 is 1.60 bits per heavy atom. The van der Waals surface area contributed by atoms with Crippen molar-refractivity contribution in [3.8, 4) is 0 Å². The highest BCUT2D eigenvalue weighted by Crippen LogP contribution is 2.23. The summed E-state index contributed by atoms with van der Waals surface area (Å²) in [5, 5.41) is 1.85. The second-order valence-electron chi connectivity index (χ2n) is 4.65. The summed E-state index contributed by atoms with van der Waals surface area (Å²) in [7, 11) is 0. The zero-order chi connectivity index (χ0) is 14.5. The van der Waals surface area contributed by atoms with Crippen molar-refractivity contribution in [2.75, 3.05) is 0 Å². The van der Waals surface area contributed by atoms with Crippen LogP contribution in [0, 0.1) is 0 Å². The van der Waals surface area contributed by atoms with Crippen LogP contribution >= 0.6 is 34.8 Å². The predicted molar refractivity (Wildman–Crippen MR) is 86.4 cm³/mol. The minimum Gasteiger partial charge on any atom is -0.271 e. The van der Waals surface area contributed by atoms with Crippen molar-refractivity contribution in [2.45, 2.75) is 18.9 Å². The number of halogens is 3. The third-order valence-corrected chi connectivity index (χ3v) is 4.05. The molecule has 0 aromatic heterocycles. The van der Waals surface area contributed by atoms with E-state index in [4.69, 9.17) is 40.6 Å². The Bertz CT molecular complexity index is 587. The van der Waals surface area contributed by atoms with Gasteiger partial charge in [0, 0.05) is 11.1 Å². The summed E-state index contributed by atoms with van der Waals surface area (Å²) < 4.78 is 0. The Morgan fingerprint density at radius 3 is 2.20 bits per heavy atom. The fourth-order valence-corrected chi connectivity index (χ4v) is 2.62. The third-order valence-electron chi connectivity index (χ3n) is 3.07. The first kappa shape index (κ1) is 15.6. The van der Waals surface area contributed by atoms with Gasteiger partial charge >= 0.3 is 0 Å². The first-order chi connectivity index (χ1) is 9.58. The summed E-state index contributed by atoms with van der Waals surface area (Å²) in [6.45, 7) is 0. The van der Waals surface area contributed by atoms with Crippen LogP contribution in [-0.4, -0.2) is 6.04 Å². The van der Waals surface area contributed by atoms with Crippen LogP contribution in [0.5, 0.6) is 0 Å². The average molecular weight is 330 g/mol. The highest BCUT2D eigenvalue weighted by Gasteiger charge is 2.10. The van der Waals surface area contributed by atoms with Crippen molar-refractivity contribution < 1.29 is 0 Å². The molecule has 0 bridgehead atoms. The van der Waals surface area contributed by atoms with Crippen LogP contribution in [0.2, 0.25) is 15.1 Å². The van der Waals surface area contributed by atoms with E-state index in [0.717, 1.165) is 29.0 Å². The number of nitrogens with two attached hydrogens (primary N) is 1. The predicted octanol–water partition coefficient (Wildman–Crippen LogP) is 4.26. The molecule has 0 fully saturated rings. The lowest BCUT2D eigenvalue weighted by molar-refractivity contribution is 0.522. The molecule has 2 aromatic rings. The van der Waals surface area contributed by atoms with E-state index in [2.05, 4.69) is 5.43 Å². The van der Waals surface area contributed by atoms with Gasteiger partial charge in [0.15, 0.2) is 0 Å². The van der Waals surface area contributed by atoms with Gasteiger partial charge < -0.3 is 0 Å². The molecule has 0 amide bonds. The molecule has 1 atom stereocenters. The van der Waals surface area contributed by atoms with Crippen molar-refractivity contribution >= 4 is 34.8 Å². The summed E-state index contributed by atoms with van der Waals surface area (Å²) in [4.78, 5) is 0. The van der Waals surface area contributed by atoms with Gasteiger partial charge in [-0.2, -0.15) is 0 Å². The molecule has 20 heavy (non-hydrogen) atoms. The van der Waals surface area contributed by atoms with Crippen LogP contribution in [0.25, 0.3) is 0 Å². The number of rotatable bonds is 5. The molecule has 0 saturated heterocycles. The van der Waals surface area contributed by atoms with Crippen LogP contribution in [0.3, 0.4) is 0 Å². The molecule has 0 aliphatic rings. The van der Waals surface area contributed by atoms with E-state index in [1.165, 1.54) is 0 Å². The van der Waals surface area contributed by atoms with Gasteiger partial charge in [0.05, 0.1) is 10.0 Å². The number of hydrogen-bond acceptors (Lipinski definition) is 2. The minimum atomic E-state index is 0.103. The molecule has 2 rings (SSSR count). The number of hydrogen-bond donors (Lipinski definition) is 2. The van der Waals surface area contributed by atoms with E-state index >= 15 is 0 Å². The molecule has 106 valence electrons. The molecule has 0 radical (unpaired) electrons. The standard InChI is InChI=1S/C15H15Cl3N2/c16-12-3-1-2-10(6-12)7-13(20-19)8-11-4-5-14(17)15(18)9-11/h1-6,9,13,20H,7-8,19H2. The molecule has 0 aliphatic heterocycles. The lowest BCUT2D eigenvalue weighted by atomic mass is 9.99. The summed E-state index contributed by atoms with van der Waals surface area (Å²) in [5.41, 5.74) is 5.06. The maximum absolute atomic E-state index is 6.02. The molecule has 0 aliphatic carbocycles. The summed E-state index contributed by atoms with van der Waals surface area (Å²) >= 11 is 17.9. The fourth-order valence-electron chi connectivity index (χ4n) is 2.09. The molecule has 1 unspecified atom stereocenters. The molecule has 0 saturated carbocycles. The van der Waals surface area contributed by atoms with E-state index in [-0.39, 0.29) is 6.04 Å². The van der Waals surface area contributed by atoms with Crippen molar-refractivity contribution in [3.63, 3.8) is 0 Å². The Labute approximate surface area is 133 Å². The molecule has 5 heteroatoms. The van der Waals surface area contributed by atoms with E-state index in [1.807, 2.05) is 36.4 Å². The average Bonchev–Trinajstić information content (AvgIpc) is 2.42. The lowest BCUT2D eigenvalue weighted by Crippen LogP contribution is -2.38. The molecule has 3 N–H and O–H groups in total. The zero-order valence-corrected chi connectivity index (χ0v) is 13.0. The second kappa shape index (κ2) is 7.30. The number of hydrazine groups is 1. The largest absolute Gasteiger partial charge is 0.271 e. The monoisotopic (exact) mass is 328 g/mol. The lowest BCUT2D eigenvalue weighted by Gasteiger charge is -2.16. The number of nitrogens with one attached hydrogen (secondary N) is 1. The van der Waals surface area contributed by atoms with E-state index in [0.29, 0.717) is 10.0 Å². The Morgan fingerprint density at radius 1 is 0.900 bits per heavy atom. The quantitative estimate of drug-likeness (QED) is 0.635. The van der Waals surface area contributed by atoms with Crippen LogP contribution < -0.4 is 11.3 Å². The van der Waals surface area contributed by atoms with Crippen molar-refractivity contribution in [1.82, 2.24) is 5.43 Å². The topological polar surface area (TPSA) is 38.0 Å². The SMILES string of the molecule is NNC(Cc1cccc(Cl)c1)Cc1ccc(Cl)c(Cl)c1. The highest BCUT2D eigenvalue weighted by atomic mass is 35.5. The Hall–Kier alpha value is -0.770. The first-order valence-corrected chi connectivity index (χ1v) is 7.36. The Kier molecular flexibility index (Phi) is 5.70. The maximum Gasteiger partial charge on any atom is 0.0595 e. The minimum absolute atomic E-state index is 0.103. The molecule has 0 heterocycles. The van der Waals surface area contributed by atoms with Crippen LogP contribution in [0.1, 0.15) is 11.1 Å². The van der Waals surface area contributed by atoms with Crippen molar-refractivity contribution in [3.05, 3.63) is 68.7 Å². The first-order valence-electron chi connectivity index (χ1n) is 6.23. The molecule has 0 spiro atoms. The molecular formula is C15H15Cl3N2. The van der Waals surface area contributed by atoms with E-state index in [1.54, 1.807) is 6.07 Å². The van der Waals surface area contributed by atoms with Crippen molar-refractivity contribution in [1.29, 1.82) is 0 Å². The van der Waals surface area contributed by atoms with Crippen LogP contribution in [-0.2, 0) is 12.8 Å². The van der Waals surface area contributed by atoms with Gasteiger partial charge in [-0.1, -0.05) is 53.0 Å². The van der Waals surface area contributed by atoms with Gasteiger partial charge in [-0.25, -0.2) is 0 Å². The number of benzene rings is 2. The highest BCUT2D eigenvalue weighted by molar-refractivity contribution is 6.42. The van der Waals surface area contributed by atoms with Gasteiger partial charge in [0.25, 0.3) is 0 Å². The van der Waals surface area contributed by atoms with Crippen molar-refractivity contribution in [2.24, 2.45) is 5.84 Å². The van der Waals surface area contributed by atoms with Gasteiger partial charge in [-0.3, -0.25) is 11.3 Å². The third kappa shape index (κ3) is 4.37. The summed E-state index contributed by atoms with van der Waals surface area (Å²) in [5.74, 6) is 5.63. The smallest absolute Gasteiger partial charge is 0.0595 e. The van der Waals surface area contributed by atoms with Gasteiger partial charge in [-0.05, 0) is 48.2 Å². The van der Waals surface area contributed by atoms with Gasteiger partial charge in [-0.15, -0.1) is 0 Å². The van der Waals surface area contributed by atoms with Crippen LogP contribution in [0.4, 0.5) is 0 Å². The van der Waals surface area contributed by atoms with Gasteiger partial charge in [0.2, 0.25) is 0 Å². The van der Waals surface area contributed by atoms with Crippen LogP contribution in [0.15, 0.2) is 42.5 Å².